The summed E-state index contributed by atoms with van der Waals surface area (Å²) in [6.45, 7) is 1.74. The molecule has 19 heteroatoms. The van der Waals surface area contributed by atoms with Gasteiger partial charge >= 0.3 is 0 Å². The maximum atomic E-state index is 13.3. The maximum Gasteiger partial charge on any atom is 0.220 e. The van der Waals surface area contributed by atoms with Crippen LogP contribution in [-0.2, 0) is 33.2 Å². The van der Waals surface area contributed by atoms with Crippen LogP contribution in [0.4, 0.5) is 0 Å². The summed E-state index contributed by atoms with van der Waals surface area (Å²) in [6, 6.07) is -0.888. The van der Waals surface area contributed by atoms with Crippen LogP contribution >= 0.6 is 0 Å². The number of hydrogen-bond donors (Lipinski definition) is 12. The van der Waals surface area contributed by atoms with Crippen molar-refractivity contribution in [1.82, 2.24) is 5.32 Å². The molecular weight excluding hydrogens is 1120 g/mol. The van der Waals surface area contributed by atoms with Gasteiger partial charge in [0, 0.05) is 6.42 Å². The molecule has 3 fully saturated rings. The zero-order chi connectivity index (χ0) is 63.3. The van der Waals surface area contributed by atoms with E-state index in [9.17, 15) is 61.0 Å². The van der Waals surface area contributed by atoms with E-state index in [1.54, 1.807) is 0 Å². The predicted molar refractivity (Wildman–Crippen MR) is 337 cm³/mol. The molecule has 3 rings (SSSR count). The zero-order valence-electron chi connectivity index (χ0n) is 54.3. The van der Waals surface area contributed by atoms with E-state index < -0.39 is 124 Å². The highest BCUT2D eigenvalue weighted by Crippen LogP contribution is 2.33. The Hall–Kier alpha value is -1.47. The first kappa shape index (κ1) is 79.8. The highest BCUT2D eigenvalue weighted by Gasteiger charge is 2.53. The number of amides is 1. The van der Waals surface area contributed by atoms with Crippen molar-refractivity contribution in [3.05, 3.63) is 12.2 Å². The van der Waals surface area contributed by atoms with Crippen molar-refractivity contribution < 1.29 is 89.4 Å². The maximum absolute atomic E-state index is 13.3. The Morgan fingerprint density at radius 2 is 0.747 bits per heavy atom. The largest absolute Gasteiger partial charge is 0.394 e. The number of carbonyl (C=O) groups excluding carboxylic acids is 1. The van der Waals surface area contributed by atoms with E-state index in [4.69, 9.17) is 28.4 Å². The summed E-state index contributed by atoms with van der Waals surface area (Å²) in [6.07, 6.45) is 29.1. The lowest BCUT2D eigenvalue weighted by Gasteiger charge is -2.48. The van der Waals surface area contributed by atoms with Crippen molar-refractivity contribution in [2.75, 3.05) is 26.4 Å². The standard InChI is InChI=1S/C68H129NO18/c1-3-5-7-9-11-13-15-16-17-18-19-20-21-22-23-24-25-26-27-28-29-30-31-32-33-34-35-36-37-39-41-43-45-52(73)51(69-56(74)46-44-42-40-38-14-12-10-8-6-4-2)50-82-66-62(80)59(77)64(54(48-71)84-66)87-68-63(81)60(78)65(55(49-72)85-68)86-67-61(79)58(76)57(75)53(47-70)83-67/h8,10,51-55,57-68,70-73,75-81H,3-7,9,11-50H2,1-2H3,(H,69,74)/b10-8-. The second-order valence-corrected chi connectivity index (χ2v) is 25.7. The molecule has 0 aromatic heterocycles. The van der Waals surface area contributed by atoms with Crippen molar-refractivity contribution in [2.24, 2.45) is 0 Å². The minimum Gasteiger partial charge on any atom is -0.394 e. The quantitative estimate of drug-likeness (QED) is 0.0199. The van der Waals surface area contributed by atoms with Gasteiger partial charge in [-0.15, -0.1) is 0 Å². The molecule has 0 aliphatic carbocycles. The van der Waals surface area contributed by atoms with Crippen molar-refractivity contribution >= 4 is 5.91 Å². The summed E-state index contributed by atoms with van der Waals surface area (Å²) in [5, 5.41) is 120. The van der Waals surface area contributed by atoms with Crippen molar-refractivity contribution in [2.45, 2.75) is 388 Å². The fourth-order valence-corrected chi connectivity index (χ4v) is 12.3. The minimum absolute atomic E-state index is 0.252. The molecule has 17 unspecified atom stereocenters. The molecule has 1 amide bonds. The molecule has 3 heterocycles. The van der Waals surface area contributed by atoms with Gasteiger partial charge in [-0.1, -0.05) is 257 Å². The van der Waals surface area contributed by atoms with Gasteiger partial charge in [0.05, 0.1) is 38.6 Å². The number of carbonyl (C=O) groups is 1. The lowest BCUT2D eigenvalue weighted by molar-refractivity contribution is -0.379. The number of aliphatic hydroxyl groups excluding tert-OH is 11. The van der Waals surface area contributed by atoms with Crippen LogP contribution in [0.2, 0.25) is 0 Å². The fourth-order valence-electron chi connectivity index (χ4n) is 12.3. The lowest BCUT2D eigenvalue weighted by Crippen LogP contribution is -2.66. The molecule has 0 spiro atoms. The van der Waals surface area contributed by atoms with Crippen LogP contribution in [0.15, 0.2) is 12.2 Å². The van der Waals surface area contributed by atoms with Crippen molar-refractivity contribution in [3.8, 4) is 0 Å². The summed E-state index contributed by atoms with van der Waals surface area (Å²) in [5.41, 5.74) is 0. The van der Waals surface area contributed by atoms with Gasteiger partial charge in [0.25, 0.3) is 0 Å². The molecule has 12 N–H and O–H groups in total. The summed E-state index contributed by atoms with van der Waals surface area (Å²) in [5.74, 6) is -0.252. The van der Waals surface area contributed by atoms with Gasteiger partial charge in [-0.2, -0.15) is 0 Å². The van der Waals surface area contributed by atoms with Crippen LogP contribution in [0.1, 0.15) is 284 Å². The van der Waals surface area contributed by atoms with Gasteiger partial charge in [-0.25, -0.2) is 0 Å². The first-order valence-corrected chi connectivity index (χ1v) is 35.4. The normalized spacial score (nSPS) is 28.6. The number of rotatable bonds is 55. The number of allylic oxidation sites excluding steroid dienone is 2. The van der Waals surface area contributed by atoms with Gasteiger partial charge in [-0.3, -0.25) is 4.79 Å². The third-order valence-corrected chi connectivity index (χ3v) is 18.1. The van der Waals surface area contributed by atoms with E-state index in [1.165, 1.54) is 180 Å². The molecule has 3 aliphatic rings. The summed E-state index contributed by atoms with van der Waals surface area (Å²) in [7, 11) is 0. The number of aliphatic hydroxyl groups is 11. The molecule has 0 saturated carbocycles. The molecule has 514 valence electrons. The molecule has 3 saturated heterocycles. The minimum atomic E-state index is -1.97. The van der Waals surface area contributed by atoms with E-state index >= 15 is 0 Å². The smallest absolute Gasteiger partial charge is 0.220 e. The number of nitrogens with one attached hydrogen (secondary N) is 1. The van der Waals surface area contributed by atoms with Crippen molar-refractivity contribution in [1.29, 1.82) is 0 Å². The van der Waals surface area contributed by atoms with Gasteiger partial charge < -0.3 is 89.9 Å². The molecule has 0 radical (unpaired) electrons. The first-order valence-electron chi connectivity index (χ1n) is 35.4. The first-order chi connectivity index (χ1) is 42.3. The van der Waals surface area contributed by atoms with Crippen LogP contribution in [-0.4, -0.2) is 193 Å². The third-order valence-electron chi connectivity index (χ3n) is 18.1. The van der Waals surface area contributed by atoms with E-state index in [0.717, 1.165) is 70.6 Å². The molecule has 0 aromatic carbocycles. The summed E-state index contributed by atoms with van der Waals surface area (Å²) >= 11 is 0. The summed E-state index contributed by atoms with van der Waals surface area (Å²) in [4.78, 5) is 13.3. The molecule has 3 aliphatic heterocycles. The third kappa shape index (κ3) is 33.3. The van der Waals surface area contributed by atoms with Gasteiger partial charge in [0.1, 0.15) is 73.2 Å². The van der Waals surface area contributed by atoms with Gasteiger partial charge in [-0.05, 0) is 32.1 Å². The Bertz CT molecular complexity index is 1630. The van der Waals surface area contributed by atoms with E-state index in [2.05, 4.69) is 31.3 Å². The SMILES string of the molecule is CCC/C=C\CCCCCCCC(=O)NC(COC1OC(CO)C(OC2OC(CO)C(OC3OC(CO)C(O)C(O)C3O)C(O)C2O)C(O)C1O)C(O)CCCCCCCCCCCCCCCCCCCCCCCCCCCCCCCCCC. The Balaban J connectivity index is 1.33. The van der Waals surface area contributed by atoms with Crippen molar-refractivity contribution in [3.63, 3.8) is 0 Å². The monoisotopic (exact) mass is 1250 g/mol. The van der Waals surface area contributed by atoms with Crippen LogP contribution in [0.5, 0.6) is 0 Å². The Kier molecular flexibility index (Phi) is 46.8. The Morgan fingerprint density at radius 3 is 1.16 bits per heavy atom. The van der Waals surface area contributed by atoms with Crippen LogP contribution in [0.25, 0.3) is 0 Å². The molecular formula is C68H129NO18. The van der Waals surface area contributed by atoms with Crippen LogP contribution in [0.3, 0.4) is 0 Å². The number of hydrogen-bond acceptors (Lipinski definition) is 18. The van der Waals surface area contributed by atoms with Crippen LogP contribution in [0, 0.1) is 0 Å². The van der Waals surface area contributed by atoms with Crippen LogP contribution < -0.4 is 5.32 Å². The zero-order valence-corrected chi connectivity index (χ0v) is 54.3. The molecule has 17 atom stereocenters. The number of ether oxygens (including phenoxy) is 6. The average Bonchev–Trinajstić information content (AvgIpc) is 1.77. The Labute approximate surface area is 525 Å². The molecule has 0 bridgehead atoms. The highest BCUT2D eigenvalue weighted by molar-refractivity contribution is 5.76. The predicted octanol–water partition coefficient (Wildman–Crippen LogP) is 9.28. The lowest BCUT2D eigenvalue weighted by atomic mass is 9.96. The molecule has 0 aromatic rings. The van der Waals surface area contributed by atoms with E-state index in [-0.39, 0.29) is 18.9 Å². The molecule has 19 nitrogen and oxygen atoms in total. The highest BCUT2D eigenvalue weighted by atomic mass is 16.8. The summed E-state index contributed by atoms with van der Waals surface area (Å²) < 4.78 is 34.3. The second-order valence-electron chi connectivity index (χ2n) is 25.7. The van der Waals surface area contributed by atoms with E-state index in [1.807, 2.05) is 0 Å². The number of unbranched alkanes of at least 4 members (excludes halogenated alkanes) is 37. The topological polar surface area (TPSA) is 307 Å². The van der Waals surface area contributed by atoms with Gasteiger partial charge in [0.15, 0.2) is 18.9 Å². The van der Waals surface area contributed by atoms with Gasteiger partial charge in [0.2, 0.25) is 5.91 Å². The second kappa shape index (κ2) is 51.0. The average molecular weight is 1250 g/mol. The molecule has 87 heavy (non-hydrogen) atoms. The Morgan fingerprint density at radius 1 is 0.402 bits per heavy atom. The van der Waals surface area contributed by atoms with E-state index in [0.29, 0.717) is 12.8 Å². The fraction of sp³-hybridized carbons (Fsp3) is 0.956.